The van der Waals surface area contributed by atoms with E-state index in [1.54, 1.807) is 32.4 Å². The number of methoxy groups -OCH3 is 2. The van der Waals surface area contributed by atoms with Gasteiger partial charge in [-0.05, 0) is 25.1 Å². The van der Waals surface area contributed by atoms with Gasteiger partial charge in [0.15, 0.2) is 0 Å². The highest BCUT2D eigenvalue weighted by Crippen LogP contribution is 2.33. The Hall–Kier alpha value is -1.59. The third kappa shape index (κ3) is 2.47. The number of aryl methyl sites for hydroxylation is 1. The first-order chi connectivity index (χ1) is 8.65. The van der Waals surface area contributed by atoms with Crippen LogP contribution in [-0.4, -0.2) is 24.3 Å². The molecule has 0 spiro atoms. The molecule has 18 heavy (non-hydrogen) atoms. The number of thiazole rings is 1. The van der Waals surface area contributed by atoms with E-state index < -0.39 is 6.10 Å². The first kappa shape index (κ1) is 12.9. The van der Waals surface area contributed by atoms with Crippen LogP contribution in [0.3, 0.4) is 0 Å². The summed E-state index contributed by atoms with van der Waals surface area (Å²) in [5.74, 6) is 1.30. The van der Waals surface area contributed by atoms with E-state index in [4.69, 9.17) is 9.47 Å². The standard InChI is InChI=1S/C13H15NO3S/c1-8-14-11(7-18-8)13(15)10-6-9(16-2)4-5-12(10)17-3/h4-7,13,15H,1-3H3. The van der Waals surface area contributed by atoms with E-state index in [1.165, 1.54) is 11.3 Å². The minimum Gasteiger partial charge on any atom is -0.497 e. The molecule has 0 aliphatic rings. The number of nitrogens with zero attached hydrogens (tertiary/aromatic N) is 1. The monoisotopic (exact) mass is 265 g/mol. The van der Waals surface area contributed by atoms with Gasteiger partial charge >= 0.3 is 0 Å². The molecular formula is C13H15NO3S. The van der Waals surface area contributed by atoms with E-state index in [0.29, 0.717) is 22.8 Å². The van der Waals surface area contributed by atoms with Crippen LogP contribution in [0.25, 0.3) is 0 Å². The van der Waals surface area contributed by atoms with Gasteiger partial charge in [-0.3, -0.25) is 0 Å². The van der Waals surface area contributed by atoms with Gasteiger partial charge in [0.05, 0.1) is 24.9 Å². The van der Waals surface area contributed by atoms with Gasteiger partial charge in [-0.25, -0.2) is 4.98 Å². The zero-order valence-corrected chi connectivity index (χ0v) is 11.3. The van der Waals surface area contributed by atoms with E-state index in [-0.39, 0.29) is 0 Å². The minimum atomic E-state index is -0.806. The van der Waals surface area contributed by atoms with Crippen LogP contribution < -0.4 is 9.47 Å². The minimum absolute atomic E-state index is 0.619. The van der Waals surface area contributed by atoms with Crippen LogP contribution in [0.1, 0.15) is 22.4 Å². The van der Waals surface area contributed by atoms with Gasteiger partial charge in [-0.2, -0.15) is 0 Å². The largest absolute Gasteiger partial charge is 0.497 e. The smallest absolute Gasteiger partial charge is 0.126 e. The zero-order valence-electron chi connectivity index (χ0n) is 10.5. The van der Waals surface area contributed by atoms with E-state index in [2.05, 4.69) is 4.98 Å². The molecule has 0 saturated carbocycles. The van der Waals surface area contributed by atoms with Crippen molar-refractivity contribution in [1.82, 2.24) is 4.98 Å². The topological polar surface area (TPSA) is 51.6 Å². The summed E-state index contributed by atoms with van der Waals surface area (Å²) in [7, 11) is 3.16. The lowest BCUT2D eigenvalue weighted by Crippen LogP contribution is -2.03. The third-order valence-corrected chi connectivity index (χ3v) is 3.44. The predicted molar refractivity (Wildman–Crippen MR) is 70.5 cm³/mol. The van der Waals surface area contributed by atoms with E-state index >= 15 is 0 Å². The molecule has 1 aromatic heterocycles. The van der Waals surface area contributed by atoms with Crippen molar-refractivity contribution in [2.75, 3.05) is 14.2 Å². The lowest BCUT2D eigenvalue weighted by molar-refractivity contribution is 0.210. The maximum atomic E-state index is 10.3. The van der Waals surface area contributed by atoms with Crippen molar-refractivity contribution >= 4 is 11.3 Å². The Balaban J connectivity index is 2.41. The summed E-state index contributed by atoms with van der Waals surface area (Å²) in [6.07, 6.45) is -0.806. The Labute approximate surface area is 110 Å². The summed E-state index contributed by atoms with van der Waals surface area (Å²) in [5, 5.41) is 13.1. The molecule has 0 aliphatic heterocycles. The fourth-order valence-corrected chi connectivity index (χ4v) is 2.35. The number of aliphatic hydroxyl groups is 1. The van der Waals surface area contributed by atoms with Gasteiger partial charge in [-0.1, -0.05) is 0 Å². The number of rotatable bonds is 4. The molecule has 5 heteroatoms. The highest BCUT2D eigenvalue weighted by atomic mass is 32.1. The van der Waals surface area contributed by atoms with Crippen molar-refractivity contribution in [2.45, 2.75) is 13.0 Å². The molecule has 0 saturated heterocycles. The average molecular weight is 265 g/mol. The molecule has 2 rings (SSSR count). The molecule has 1 aromatic carbocycles. The molecule has 2 aromatic rings. The van der Waals surface area contributed by atoms with Crippen LogP contribution in [0.2, 0.25) is 0 Å². The van der Waals surface area contributed by atoms with Gasteiger partial charge in [-0.15, -0.1) is 11.3 Å². The molecule has 1 unspecified atom stereocenters. The summed E-state index contributed by atoms with van der Waals surface area (Å²) in [4.78, 5) is 4.29. The molecule has 0 amide bonds. The van der Waals surface area contributed by atoms with Gasteiger partial charge in [0.1, 0.15) is 17.6 Å². The summed E-state index contributed by atoms with van der Waals surface area (Å²) in [6, 6.07) is 5.33. The van der Waals surface area contributed by atoms with Crippen molar-refractivity contribution in [1.29, 1.82) is 0 Å². The predicted octanol–water partition coefficient (Wildman–Crippen LogP) is 2.55. The maximum absolute atomic E-state index is 10.3. The number of hydrogen-bond acceptors (Lipinski definition) is 5. The highest BCUT2D eigenvalue weighted by Gasteiger charge is 2.18. The normalized spacial score (nSPS) is 12.2. The van der Waals surface area contributed by atoms with Crippen LogP contribution in [0.5, 0.6) is 11.5 Å². The average Bonchev–Trinajstić information content (AvgIpc) is 2.83. The number of hydrogen-bond donors (Lipinski definition) is 1. The Kier molecular flexibility index (Phi) is 3.84. The maximum Gasteiger partial charge on any atom is 0.126 e. The van der Waals surface area contributed by atoms with E-state index in [0.717, 1.165) is 5.01 Å². The Morgan fingerprint density at radius 3 is 2.61 bits per heavy atom. The SMILES string of the molecule is COc1ccc(OC)c(C(O)c2csc(C)n2)c1. The third-order valence-electron chi connectivity index (χ3n) is 2.65. The lowest BCUT2D eigenvalue weighted by atomic mass is 10.1. The fourth-order valence-electron chi connectivity index (χ4n) is 1.72. The number of aliphatic hydroxyl groups excluding tert-OH is 1. The molecule has 1 N–H and O–H groups in total. The van der Waals surface area contributed by atoms with Crippen molar-refractivity contribution in [2.24, 2.45) is 0 Å². The van der Waals surface area contributed by atoms with Crippen LogP contribution in [-0.2, 0) is 0 Å². The molecule has 0 bridgehead atoms. The number of aromatic nitrogens is 1. The van der Waals surface area contributed by atoms with E-state index in [9.17, 15) is 5.11 Å². The fraction of sp³-hybridized carbons (Fsp3) is 0.308. The van der Waals surface area contributed by atoms with Gasteiger partial charge < -0.3 is 14.6 Å². The zero-order chi connectivity index (χ0) is 13.1. The molecule has 1 atom stereocenters. The summed E-state index contributed by atoms with van der Waals surface area (Å²) in [5.41, 5.74) is 1.28. The Morgan fingerprint density at radius 1 is 1.28 bits per heavy atom. The van der Waals surface area contributed by atoms with Crippen molar-refractivity contribution in [3.8, 4) is 11.5 Å². The van der Waals surface area contributed by atoms with Crippen LogP contribution in [0, 0.1) is 6.92 Å². The van der Waals surface area contributed by atoms with Crippen molar-refractivity contribution in [3.05, 3.63) is 39.8 Å². The Bertz CT molecular complexity index is 539. The second-order valence-corrected chi connectivity index (χ2v) is 4.86. The van der Waals surface area contributed by atoms with Gasteiger partial charge in [0.2, 0.25) is 0 Å². The molecule has 1 heterocycles. The summed E-state index contributed by atoms with van der Waals surface area (Å²) < 4.78 is 10.4. The first-order valence-corrected chi connectivity index (χ1v) is 6.35. The molecule has 4 nitrogen and oxygen atoms in total. The second kappa shape index (κ2) is 5.37. The highest BCUT2D eigenvalue weighted by molar-refractivity contribution is 7.09. The van der Waals surface area contributed by atoms with Crippen LogP contribution in [0.4, 0.5) is 0 Å². The molecule has 0 radical (unpaired) electrons. The first-order valence-electron chi connectivity index (χ1n) is 5.47. The number of benzene rings is 1. The van der Waals surface area contributed by atoms with Crippen molar-refractivity contribution < 1.29 is 14.6 Å². The van der Waals surface area contributed by atoms with E-state index in [1.807, 2.05) is 12.3 Å². The van der Waals surface area contributed by atoms with Crippen LogP contribution >= 0.6 is 11.3 Å². The molecule has 96 valence electrons. The second-order valence-electron chi connectivity index (χ2n) is 3.80. The molecule has 0 fully saturated rings. The molecule has 0 aliphatic carbocycles. The number of ether oxygens (including phenoxy) is 2. The van der Waals surface area contributed by atoms with Crippen LogP contribution in [0.15, 0.2) is 23.6 Å². The van der Waals surface area contributed by atoms with Gasteiger partial charge in [0.25, 0.3) is 0 Å². The molecular weight excluding hydrogens is 250 g/mol. The van der Waals surface area contributed by atoms with Gasteiger partial charge in [0, 0.05) is 10.9 Å². The Morgan fingerprint density at radius 2 is 2.06 bits per heavy atom. The van der Waals surface area contributed by atoms with Crippen molar-refractivity contribution in [3.63, 3.8) is 0 Å². The lowest BCUT2D eigenvalue weighted by Gasteiger charge is -2.14. The quantitative estimate of drug-likeness (QED) is 0.923. The summed E-state index contributed by atoms with van der Waals surface area (Å²) >= 11 is 1.51. The summed E-state index contributed by atoms with van der Waals surface area (Å²) in [6.45, 7) is 1.91.